The second-order valence-corrected chi connectivity index (χ2v) is 6.69. The molecule has 116 valence electrons. The highest BCUT2D eigenvalue weighted by atomic mass is 32.1. The number of carbonyl (C=O) groups excluding carboxylic acids is 2. The van der Waals surface area contributed by atoms with Gasteiger partial charge in [-0.25, -0.2) is 4.79 Å². The third kappa shape index (κ3) is 3.46. The van der Waals surface area contributed by atoms with Crippen molar-refractivity contribution < 1.29 is 14.3 Å². The van der Waals surface area contributed by atoms with Crippen LogP contribution in [-0.2, 0) is 4.74 Å². The lowest BCUT2D eigenvalue weighted by Gasteiger charge is -2.39. The van der Waals surface area contributed by atoms with Crippen LogP contribution in [0.15, 0.2) is 12.1 Å². The van der Waals surface area contributed by atoms with Crippen LogP contribution >= 0.6 is 11.3 Å². The van der Waals surface area contributed by atoms with E-state index < -0.39 is 0 Å². The molecule has 0 aliphatic carbocycles. The van der Waals surface area contributed by atoms with E-state index in [4.69, 9.17) is 4.74 Å². The third-order valence-corrected chi connectivity index (χ3v) is 5.37. The molecule has 0 radical (unpaired) electrons. The normalized spacial score (nSPS) is 20.1. The fourth-order valence-electron chi connectivity index (χ4n) is 2.88. The number of esters is 1. The van der Waals surface area contributed by atoms with Gasteiger partial charge in [0.05, 0.1) is 12.0 Å². The average molecular weight is 309 g/mol. The molecule has 1 aliphatic heterocycles. The van der Waals surface area contributed by atoms with Crippen molar-refractivity contribution in [1.29, 1.82) is 0 Å². The SMILES string of the molecule is CC[C@H](C)[C@@H]1CCCCN1C(=O)c1ccc(C(=O)OC)s1. The van der Waals surface area contributed by atoms with Gasteiger partial charge in [-0.05, 0) is 37.3 Å². The van der Waals surface area contributed by atoms with E-state index in [9.17, 15) is 9.59 Å². The molecule has 21 heavy (non-hydrogen) atoms. The molecule has 1 aromatic rings. The van der Waals surface area contributed by atoms with Gasteiger partial charge in [0.25, 0.3) is 5.91 Å². The van der Waals surface area contributed by atoms with E-state index in [1.807, 2.05) is 4.90 Å². The van der Waals surface area contributed by atoms with E-state index in [2.05, 4.69) is 13.8 Å². The minimum Gasteiger partial charge on any atom is -0.465 e. The van der Waals surface area contributed by atoms with Crippen LogP contribution in [0.25, 0.3) is 0 Å². The van der Waals surface area contributed by atoms with E-state index in [1.54, 1.807) is 12.1 Å². The highest BCUT2D eigenvalue weighted by Gasteiger charge is 2.31. The molecular formula is C16H23NO3S. The number of rotatable bonds is 4. The third-order valence-electron chi connectivity index (χ3n) is 4.31. The molecule has 0 saturated carbocycles. The predicted octanol–water partition coefficient (Wildman–Crippen LogP) is 3.58. The first kappa shape index (κ1) is 16.0. The number of hydrogen-bond donors (Lipinski definition) is 0. The summed E-state index contributed by atoms with van der Waals surface area (Å²) in [7, 11) is 1.35. The molecule has 2 rings (SSSR count). The summed E-state index contributed by atoms with van der Waals surface area (Å²) in [4.78, 5) is 27.4. The number of likely N-dealkylation sites (tertiary alicyclic amines) is 1. The first-order chi connectivity index (χ1) is 10.1. The Morgan fingerprint density at radius 2 is 2.10 bits per heavy atom. The first-order valence-corrected chi connectivity index (χ1v) is 8.39. The molecule has 0 aromatic carbocycles. The van der Waals surface area contributed by atoms with Crippen molar-refractivity contribution >= 4 is 23.2 Å². The largest absolute Gasteiger partial charge is 0.465 e. The standard InChI is InChI=1S/C16H23NO3S/c1-4-11(2)12-7-5-6-10-17(12)15(18)13-8-9-14(21-13)16(19)20-3/h8-9,11-12H,4-7,10H2,1-3H3/t11-,12-/m0/s1. The number of thiophene rings is 1. The minimum absolute atomic E-state index is 0.0557. The molecule has 2 heterocycles. The Morgan fingerprint density at radius 3 is 2.76 bits per heavy atom. The van der Waals surface area contributed by atoms with Crippen LogP contribution in [0.2, 0.25) is 0 Å². The average Bonchev–Trinajstić information content (AvgIpc) is 3.02. The van der Waals surface area contributed by atoms with Gasteiger partial charge in [0.2, 0.25) is 0 Å². The Kier molecular flexibility index (Phi) is 5.39. The van der Waals surface area contributed by atoms with Gasteiger partial charge in [0.15, 0.2) is 0 Å². The highest BCUT2D eigenvalue weighted by molar-refractivity contribution is 7.15. The molecule has 1 saturated heterocycles. The Hall–Kier alpha value is -1.36. The lowest BCUT2D eigenvalue weighted by atomic mass is 9.89. The van der Waals surface area contributed by atoms with Crippen molar-refractivity contribution in [2.45, 2.75) is 45.6 Å². The molecule has 0 unspecified atom stereocenters. The summed E-state index contributed by atoms with van der Waals surface area (Å²) < 4.78 is 4.70. The van der Waals surface area contributed by atoms with Crippen molar-refractivity contribution in [2.24, 2.45) is 5.92 Å². The van der Waals surface area contributed by atoms with Gasteiger partial charge in [-0.15, -0.1) is 11.3 Å². The van der Waals surface area contributed by atoms with Crippen LogP contribution in [-0.4, -0.2) is 36.5 Å². The lowest BCUT2D eigenvalue weighted by Crippen LogP contribution is -2.46. The van der Waals surface area contributed by atoms with Gasteiger partial charge < -0.3 is 9.64 Å². The number of methoxy groups -OCH3 is 1. The van der Waals surface area contributed by atoms with E-state index in [0.29, 0.717) is 21.7 Å². The second-order valence-electron chi connectivity index (χ2n) is 5.60. The van der Waals surface area contributed by atoms with Gasteiger partial charge in [-0.3, -0.25) is 4.79 Å². The maximum absolute atomic E-state index is 12.7. The van der Waals surface area contributed by atoms with E-state index >= 15 is 0 Å². The zero-order chi connectivity index (χ0) is 15.4. The van der Waals surface area contributed by atoms with E-state index in [1.165, 1.54) is 24.9 Å². The fourth-order valence-corrected chi connectivity index (χ4v) is 3.76. The Morgan fingerprint density at radius 1 is 1.38 bits per heavy atom. The van der Waals surface area contributed by atoms with Crippen molar-refractivity contribution in [2.75, 3.05) is 13.7 Å². The molecule has 1 amide bonds. The van der Waals surface area contributed by atoms with Gasteiger partial charge in [0.1, 0.15) is 4.88 Å². The second kappa shape index (κ2) is 7.07. The van der Waals surface area contributed by atoms with Crippen molar-refractivity contribution in [3.05, 3.63) is 21.9 Å². The van der Waals surface area contributed by atoms with Crippen LogP contribution in [0.5, 0.6) is 0 Å². The molecule has 0 bridgehead atoms. The topological polar surface area (TPSA) is 46.6 Å². The van der Waals surface area contributed by atoms with Gasteiger partial charge >= 0.3 is 5.97 Å². The summed E-state index contributed by atoms with van der Waals surface area (Å²) in [6, 6.07) is 3.73. The molecule has 5 heteroatoms. The lowest BCUT2D eigenvalue weighted by molar-refractivity contribution is 0.0530. The molecule has 1 aliphatic rings. The molecule has 0 N–H and O–H groups in total. The van der Waals surface area contributed by atoms with Crippen molar-refractivity contribution in [3.63, 3.8) is 0 Å². The van der Waals surface area contributed by atoms with Crippen LogP contribution in [0.4, 0.5) is 0 Å². The molecule has 1 fully saturated rings. The van der Waals surface area contributed by atoms with Gasteiger partial charge in [-0.1, -0.05) is 20.3 Å². The van der Waals surface area contributed by atoms with Gasteiger partial charge in [-0.2, -0.15) is 0 Å². The molecule has 0 spiro atoms. The van der Waals surface area contributed by atoms with Gasteiger partial charge in [0, 0.05) is 12.6 Å². The number of hydrogen-bond acceptors (Lipinski definition) is 4. The fraction of sp³-hybridized carbons (Fsp3) is 0.625. The van der Waals surface area contributed by atoms with E-state index in [0.717, 1.165) is 25.8 Å². The number of amides is 1. The Labute approximate surface area is 130 Å². The predicted molar refractivity (Wildman–Crippen MR) is 83.8 cm³/mol. The van der Waals surface area contributed by atoms with Crippen LogP contribution < -0.4 is 0 Å². The Balaban J connectivity index is 2.17. The number of carbonyl (C=O) groups is 2. The summed E-state index contributed by atoms with van der Waals surface area (Å²) in [6.07, 6.45) is 4.41. The number of nitrogens with zero attached hydrogens (tertiary/aromatic N) is 1. The van der Waals surface area contributed by atoms with E-state index in [-0.39, 0.29) is 11.9 Å². The summed E-state index contributed by atoms with van der Waals surface area (Å²) in [6.45, 7) is 5.20. The monoisotopic (exact) mass is 309 g/mol. The zero-order valence-corrected chi connectivity index (χ0v) is 13.7. The Bertz CT molecular complexity index is 511. The zero-order valence-electron chi connectivity index (χ0n) is 12.9. The molecule has 1 aromatic heterocycles. The molecular weight excluding hydrogens is 286 g/mol. The number of ether oxygens (including phenoxy) is 1. The highest BCUT2D eigenvalue weighted by Crippen LogP contribution is 2.28. The number of piperidine rings is 1. The summed E-state index contributed by atoms with van der Waals surface area (Å²) in [5, 5.41) is 0. The van der Waals surface area contributed by atoms with Crippen LogP contribution in [0.1, 0.15) is 58.9 Å². The summed E-state index contributed by atoms with van der Waals surface area (Å²) in [5.74, 6) is 0.186. The maximum atomic E-state index is 12.7. The minimum atomic E-state index is -0.379. The van der Waals surface area contributed by atoms with Crippen LogP contribution in [0.3, 0.4) is 0 Å². The quantitative estimate of drug-likeness (QED) is 0.799. The smallest absolute Gasteiger partial charge is 0.348 e. The first-order valence-electron chi connectivity index (χ1n) is 7.57. The molecule has 2 atom stereocenters. The maximum Gasteiger partial charge on any atom is 0.348 e. The molecule has 4 nitrogen and oxygen atoms in total. The van der Waals surface area contributed by atoms with Crippen molar-refractivity contribution in [1.82, 2.24) is 4.90 Å². The summed E-state index contributed by atoms with van der Waals surface area (Å²) in [5.41, 5.74) is 0. The summed E-state index contributed by atoms with van der Waals surface area (Å²) >= 11 is 1.22. The van der Waals surface area contributed by atoms with Crippen LogP contribution in [0, 0.1) is 5.92 Å². The van der Waals surface area contributed by atoms with Crippen molar-refractivity contribution in [3.8, 4) is 0 Å².